The zero-order chi connectivity index (χ0) is 12.4. The minimum Gasteiger partial charge on any atom is -0.313 e. The van der Waals surface area contributed by atoms with Crippen LogP contribution in [-0.2, 0) is 0 Å². The molecular formula is C14H19F2N. The van der Waals surface area contributed by atoms with Gasteiger partial charge >= 0.3 is 0 Å². The Morgan fingerprint density at radius 3 is 2.53 bits per heavy atom. The topological polar surface area (TPSA) is 12.0 Å². The number of hydrogen-bond acceptors (Lipinski definition) is 1. The summed E-state index contributed by atoms with van der Waals surface area (Å²) in [6.07, 6.45) is 4.60. The molecule has 1 aliphatic rings. The second kappa shape index (κ2) is 5.13. The van der Waals surface area contributed by atoms with Gasteiger partial charge in [0.25, 0.3) is 0 Å². The normalized spacial score (nSPS) is 17.9. The lowest BCUT2D eigenvalue weighted by Gasteiger charge is -2.30. The van der Waals surface area contributed by atoms with E-state index in [1.54, 1.807) is 26.1 Å². The van der Waals surface area contributed by atoms with E-state index in [9.17, 15) is 8.78 Å². The summed E-state index contributed by atoms with van der Waals surface area (Å²) >= 11 is 0. The van der Waals surface area contributed by atoms with E-state index in [2.05, 4.69) is 5.32 Å². The highest BCUT2D eigenvalue weighted by atomic mass is 19.2. The maximum absolute atomic E-state index is 13.9. The monoisotopic (exact) mass is 239 g/mol. The van der Waals surface area contributed by atoms with Crippen LogP contribution in [0.1, 0.15) is 42.9 Å². The van der Waals surface area contributed by atoms with E-state index >= 15 is 0 Å². The van der Waals surface area contributed by atoms with Crippen LogP contribution in [0.3, 0.4) is 0 Å². The maximum Gasteiger partial charge on any atom is 0.163 e. The molecule has 1 fully saturated rings. The van der Waals surface area contributed by atoms with Crippen LogP contribution >= 0.6 is 0 Å². The molecule has 0 heterocycles. The number of nitrogens with one attached hydrogen (secondary N) is 1. The van der Waals surface area contributed by atoms with E-state index in [-0.39, 0.29) is 6.04 Å². The van der Waals surface area contributed by atoms with Crippen molar-refractivity contribution in [3.8, 4) is 0 Å². The summed E-state index contributed by atoms with van der Waals surface area (Å²) in [5, 5.41) is 3.10. The minimum absolute atomic E-state index is 0.0737. The van der Waals surface area contributed by atoms with Crippen LogP contribution in [0.4, 0.5) is 8.78 Å². The first-order valence-corrected chi connectivity index (χ1v) is 6.25. The second-order valence-corrected chi connectivity index (χ2v) is 4.97. The highest BCUT2D eigenvalue weighted by Crippen LogP contribution is 2.35. The molecule has 1 atom stereocenters. The van der Waals surface area contributed by atoms with Crippen LogP contribution < -0.4 is 5.32 Å². The Morgan fingerprint density at radius 1 is 1.29 bits per heavy atom. The number of rotatable bonds is 4. The van der Waals surface area contributed by atoms with Gasteiger partial charge in [0, 0.05) is 11.6 Å². The Balaban J connectivity index is 2.20. The molecule has 1 saturated carbocycles. The lowest BCUT2D eigenvalue weighted by Crippen LogP contribution is -2.24. The van der Waals surface area contributed by atoms with Crippen molar-refractivity contribution in [3.63, 3.8) is 0 Å². The van der Waals surface area contributed by atoms with E-state index in [1.165, 1.54) is 19.3 Å². The molecule has 0 aliphatic heterocycles. The van der Waals surface area contributed by atoms with Gasteiger partial charge in [-0.25, -0.2) is 8.78 Å². The Bertz CT molecular complexity index is 399. The number of aryl methyl sites for hydroxylation is 1. The third kappa shape index (κ3) is 2.49. The molecular weight excluding hydrogens is 220 g/mol. The quantitative estimate of drug-likeness (QED) is 0.844. The number of halogens is 2. The van der Waals surface area contributed by atoms with Crippen molar-refractivity contribution in [2.75, 3.05) is 7.05 Å². The average molecular weight is 239 g/mol. The summed E-state index contributed by atoms with van der Waals surface area (Å²) in [5.74, 6) is -0.740. The second-order valence-electron chi connectivity index (χ2n) is 4.97. The largest absolute Gasteiger partial charge is 0.313 e. The van der Waals surface area contributed by atoms with Crippen LogP contribution in [0.25, 0.3) is 0 Å². The van der Waals surface area contributed by atoms with E-state index in [1.807, 2.05) is 0 Å². The van der Waals surface area contributed by atoms with Crippen molar-refractivity contribution in [2.45, 2.75) is 38.6 Å². The van der Waals surface area contributed by atoms with Gasteiger partial charge in [-0.1, -0.05) is 31.4 Å². The number of hydrogen-bond donors (Lipinski definition) is 1. The molecule has 0 radical (unpaired) electrons. The van der Waals surface area contributed by atoms with Crippen LogP contribution in [-0.4, -0.2) is 7.05 Å². The molecule has 0 bridgehead atoms. The Hall–Kier alpha value is -0.960. The van der Waals surface area contributed by atoms with Gasteiger partial charge in [0.1, 0.15) is 0 Å². The van der Waals surface area contributed by atoms with Crippen molar-refractivity contribution >= 4 is 0 Å². The minimum atomic E-state index is -0.712. The molecule has 3 heteroatoms. The molecule has 1 unspecified atom stereocenters. The lowest BCUT2D eigenvalue weighted by atomic mass is 9.79. The molecule has 1 aromatic rings. The predicted octanol–water partition coefficient (Wildman–Crippen LogP) is 3.72. The lowest BCUT2D eigenvalue weighted by molar-refractivity contribution is 0.262. The summed E-state index contributed by atoms with van der Waals surface area (Å²) in [7, 11) is 1.81. The zero-order valence-electron chi connectivity index (χ0n) is 10.4. The zero-order valence-corrected chi connectivity index (χ0v) is 10.4. The fourth-order valence-corrected chi connectivity index (χ4v) is 2.39. The highest BCUT2D eigenvalue weighted by molar-refractivity contribution is 5.28. The first kappa shape index (κ1) is 12.5. The fourth-order valence-electron chi connectivity index (χ4n) is 2.39. The van der Waals surface area contributed by atoms with Crippen LogP contribution in [0, 0.1) is 24.5 Å². The van der Waals surface area contributed by atoms with Crippen molar-refractivity contribution < 1.29 is 8.78 Å². The molecule has 17 heavy (non-hydrogen) atoms. The summed E-state index contributed by atoms with van der Waals surface area (Å²) in [5.41, 5.74) is 0.826. The van der Waals surface area contributed by atoms with Gasteiger partial charge in [-0.05, 0) is 31.9 Å². The Labute approximate surface area is 101 Å². The first-order chi connectivity index (χ1) is 8.13. The summed E-state index contributed by atoms with van der Waals surface area (Å²) in [4.78, 5) is 0. The molecule has 0 spiro atoms. The third-order valence-corrected chi connectivity index (χ3v) is 3.82. The maximum atomic E-state index is 13.9. The van der Waals surface area contributed by atoms with Crippen LogP contribution in [0.5, 0.6) is 0 Å². The molecule has 0 saturated heterocycles. The van der Waals surface area contributed by atoms with Gasteiger partial charge in [0.15, 0.2) is 11.6 Å². The highest BCUT2D eigenvalue weighted by Gasteiger charge is 2.25. The van der Waals surface area contributed by atoms with Crippen LogP contribution in [0.15, 0.2) is 12.1 Å². The SMILES string of the molecule is CNC(CC1CCC1)c1ccc(C)c(F)c1F. The molecule has 1 aromatic carbocycles. The Kier molecular flexibility index (Phi) is 3.77. The fraction of sp³-hybridized carbons (Fsp3) is 0.571. The van der Waals surface area contributed by atoms with Gasteiger partial charge in [0.05, 0.1) is 0 Å². The molecule has 1 aliphatic carbocycles. The summed E-state index contributed by atoms with van der Waals surface area (Å²) in [6, 6.07) is 3.28. The van der Waals surface area contributed by atoms with E-state index < -0.39 is 11.6 Å². The molecule has 0 amide bonds. The van der Waals surface area contributed by atoms with Crippen molar-refractivity contribution in [1.82, 2.24) is 5.32 Å². The summed E-state index contributed by atoms with van der Waals surface area (Å²) < 4.78 is 27.4. The van der Waals surface area contributed by atoms with Crippen molar-refractivity contribution in [1.29, 1.82) is 0 Å². The summed E-state index contributed by atoms with van der Waals surface area (Å²) in [6.45, 7) is 1.59. The van der Waals surface area contributed by atoms with Gasteiger partial charge < -0.3 is 5.32 Å². The third-order valence-electron chi connectivity index (χ3n) is 3.82. The molecule has 1 nitrogen and oxygen atoms in total. The molecule has 1 N–H and O–H groups in total. The molecule has 2 rings (SSSR count). The predicted molar refractivity (Wildman–Crippen MR) is 64.9 cm³/mol. The van der Waals surface area contributed by atoms with Gasteiger partial charge in [-0.15, -0.1) is 0 Å². The van der Waals surface area contributed by atoms with Crippen molar-refractivity contribution in [2.24, 2.45) is 5.92 Å². The molecule has 94 valence electrons. The van der Waals surface area contributed by atoms with E-state index in [4.69, 9.17) is 0 Å². The van der Waals surface area contributed by atoms with Gasteiger partial charge in [0.2, 0.25) is 0 Å². The van der Waals surface area contributed by atoms with E-state index in [0.29, 0.717) is 17.0 Å². The smallest absolute Gasteiger partial charge is 0.163 e. The van der Waals surface area contributed by atoms with Crippen molar-refractivity contribution in [3.05, 3.63) is 34.9 Å². The standard InChI is InChI=1S/C14H19F2N/c1-9-6-7-11(14(16)13(9)15)12(17-2)8-10-4-3-5-10/h6-7,10,12,17H,3-5,8H2,1-2H3. The molecule has 0 aromatic heterocycles. The Morgan fingerprint density at radius 2 is 2.00 bits per heavy atom. The average Bonchev–Trinajstić information content (AvgIpc) is 2.27. The van der Waals surface area contributed by atoms with E-state index in [0.717, 1.165) is 6.42 Å². The van der Waals surface area contributed by atoms with Gasteiger partial charge in [-0.2, -0.15) is 0 Å². The van der Waals surface area contributed by atoms with Gasteiger partial charge in [-0.3, -0.25) is 0 Å². The van der Waals surface area contributed by atoms with Crippen LogP contribution in [0.2, 0.25) is 0 Å². The first-order valence-electron chi connectivity index (χ1n) is 6.25. The number of benzene rings is 1.